The molecule has 0 aliphatic carbocycles. The summed E-state index contributed by atoms with van der Waals surface area (Å²) in [5.41, 5.74) is 2.03. The predicted molar refractivity (Wildman–Crippen MR) is 74.7 cm³/mol. The topological polar surface area (TPSA) is 74.5 Å². The Labute approximate surface area is 117 Å². The van der Waals surface area contributed by atoms with Gasteiger partial charge in [0.2, 0.25) is 0 Å². The fourth-order valence-corrected chi connectivity index (χ4v) is 2.60. The monoisotopic (exact) mass is 287 g/mol. The van der Waals surface area contributed by atoms with Crippen LogP contribution in [0.4, 0.5) is 10.8 Å². The number of hydrogen-bond acceptors (Lipinski definition) is 6. The molecule has 3 aromatic rings. The molecule has 0 amide bonds. The molecule has 7 heteroatoms. The molecule has 1 N–H and O–H groups in total. The van der Waals surface area contributed by atoms with Crippen LogP contribution in [0.5, 0.6) is 0 Å². The highest BCUT2D eigenvalue weighted by atomic mass is 35.5. The van der Waals surface area contributed by atoms with E-state index in [1.165, 1.54) is 17.7 Å². The molecule has 0 radical (unpaired) electrons. The predicted octanol–water partition coefficient (Wildman–Crippen LogP) is 3.35. The van der Waals surface area contributed by atoms with Crippen LogP contribution in [0.1, 0.15) is 5.56 Å². The summed E-state index contributed by atoms with van der Waals surface area (Å²) in [5.74, 6) is 0. The molecule has 5 nitrogen and oxygen atoms in total. The molecule has 0 saturated heterocycles. The Morgan fingerprint density at radius 3 is 2.68 bits per heavy atom. The lowest BCUT2D eigenvalue weighted by molar-refractivity contribution is 1.20. The van der Waals surface area contributed by atoms with Crippen molar-refractivity contribution < 1.29 is 0 Å². The molecule has 2 heterocycles. The minimum absolute atomic E-state index is 0.398. The number of hydrogen-bond donors (Lipinski definition) is 1. The average molecular weight is 288 g/mol. The third-order valence-corrected chi connectivity index (χ3v) is 3.78. The number of aromatic nitrogens is 3. The Hall–Kier alpha value is -2.23. The van der Waals surface area contributed by atoms with Gasteiger partial charge < -0.3 is 5.32 Å². The van der Waals surface area contributed by atoms with Gasteiger partial charge >= 0.3 is 0 Å². The maximum absolute atomic E-state index is 8.73. The maximum Gasteiger partial charge on any atom is 0.189 e. The minimum Gasteiger partial charge on any atom is -0.331 e. The van der Waals surface area contributed by atoms with Gasteiger partial charge in [-0.25, -0.2) is 9.97 Å². The Morgan fingerprint density at radius 2 is 2.00 bits per heavy atom. The molecular formula is C12H6ClN5S. The van der Waals surface area contributed by atoms with Crippen LogP contribution in [0.15, 0.2) is 30.6 Å². The van der Waals surface area contributed by atoms with E-state index in [9.17, 15) is 0 Å². The Morgan fingerprint density at radius 1 is 1.21 bits per heavy atom. The summed E-state index contributed by atoms with van der Waals surface area (Å²) in [6, 6.07) is 9.18. The quantitative estimate of drug-likeness (QED) is 0.732. The van der Waals surface area contributed by atoms with Gasteiger partial charge in [-0.3, -0.25) is 0 Å². The lowest BCUT2D eigenvalue weighted by Gasteiger charge is -2.00. The van der Waals surface area contributed by atoms with E-state index in [1.54, 1.807) is 12.1 Å². The van der Waals surface area contributed by atoms with E-state index in [0.717, 1.165) is 10.4 Å². The highest BCUT2D eigenvalue weighted by molar-refractivity contribution is 7.22. The number of fused-ring (bicyclic) bond motifs is 1. The van der Waals surface area contributed by atoms with Crippen LogP contribution in [-0.4, -0.2) is 15.0 Å². The van der Waals surface area contributed by atoms with Gasteiger partial charge in [0.25, 0.3) is 0 Å². The third-order valence-electron chi connectivity index (χ3n) is 2.41. The summed E-state index contributed by atoms with van der Waals surface area (Å²) < 4.78 is 0.750. The van der Waals surface area contributed by atoms with Gasteiger partial charge in [0.05, 0.1) is 11.6 Å². The minimum atomic E-state index is 0.398. The summed E-state index contributed by atoms with van der Waals surface area (Å²) in [4.78, 5) is 12.3. The first-order valence-corrected chi connectivity index (χ1v) is 6.50. The molecule has 0 aliphatic heterocycles. The smallest absolute Gasteiger partial charge is 0.189 e. The van der Waals surface area contributed by atoms with Crippen molar-refractivity contribution in [3.8, 4) is 6.07 Å². The van der Waals surface area contributed by atoms with E-state index < -0.39 is 0 Å². The van der Waals surface area contributed by atoms with Gasteiger partial charge in [0, 0.05) is 5.69 Å². The van der Waals surface area contributed by atoms with Crippen LogP contribution in [-0.2, 0) is 0 Å². The van der Waals surface area contributed by atoms with Crippen LogP contribution in [0.2, 0.25) is 5.15 Å². The summed E-state index contributed by atoms with van der Waals surface area (Å²) in [7, 11) is 0. The third kappa shape index (κ3) is 2.34. The number of rotatable bonds is 2. The molecule has 0 saturated carbocycles. The van der Waals surface area contributed by atoms with Crippen molar-refractivity contribution in [3.05, 3.63) is 41.3 Å². The highest BCUT2D eigenvalue weighted by Crippen LogP contribution is 2.30. The lowest BCUT2D eigenvalue weighted by atomic mass is 10.2. The van der Waals surface area contributed by atoms with E-state index in [4.69, 9.17) is 16.9 Å². The SMILES string of the molecule is N#Cc1ccc(Nc2nc3ncnc(Cl)c3s2)cc1. The number of thiazole rings is 1. The molecule has 2 aromatic heterocycles. The van der Waals surface area contributed by atoms with Gasteiger partial charge in [-0.05, 0) is 24.3 Å². The molecule has 0 bridgehead atoms. The second-order valence-electron chi connectivity index (χ2n) is 3.65. The molecule has 3 rings (SSSR count). The Balaban J connectivity index is 1.92. The van der Waals surface area contributed by atoms with Crippen molar-refractivity contribution in [1.82, 2.24) is 15.0 Å². The number of nitrogens with one attached hydrogen (secondary N) is 1. The highest BCUT2D eigenvalue weighted by Gasteiger charge is 2.08. The molecule has 19 heavy (non-hydrogen) atoms. The molecule has 0 spiro atoms. The normalized spacial score (nSPS) is 10.3. The van der Waals surface area contributed by atoms with Crippen molar-refractivity contribution in [2.45, 2.75) is 0 Å². The van der Waals surface area contributed by atoms with Crippen molar-refractivity contribution in [1.29, 1.82) is 5.26 Å². The molecule has 0 atom stereocenters. The van der Waals surface area contributed by atoms with Crippen LogP contribution in [0.3, 0.4) is 0 Å². The van der Waals surface area contributed by atoms with Crippen LogP contribution in [0, 0.1) is 11.3 Å². The van der Waals surface area contributed by atoms with Gasteiger partial charge in [0.15, 0.2) is 15.9 Å². The van der Waals surface area contributed by atoms with E-state index in [-0.39, 0.29) is 0 Å². The number of nitrogens with zero attached hydrogens (tertiary/aromatic N) is 4. The number of halogens is 1. The van der Waals surface area contributed by atoms with Crippen molar-refractivity contribution in [2.75, 3.05) is 5.32 Å². The molecule has 0 aliphatic rings. The van der Waals surface area contributed by atoms with Gasteiger partial charge in [-0.2, -0.15) is 10.2 Å². The van der Waals surface area contributed by atoms with Crippen LogP contribution in [0.25, 0.3) is 10.3 Å². The van der Waals surface area contributed by atoms with Crippen LogP contribution < -0.4 is 5.32 Å². The first-order valence-electron chi connectivity index (χ1n) is 5.30. The van der Waals surface area contributed by atoms with Gasteiger partial charge in [-0.1, -0.05) is 22.9 Å². The lowest BCUT2D eigenvalue weighted by Crippen LogP contribution is -1.89. The van der Waals surface area contributed by atoms with Crippen molar-refractivity contribution in [2.24, 2.45) is 0 Å². The zero-order valence-corrected chi connectivity index (χ0v) is 11.0. The Bertz CT molecular complexity index is 775. The van der Waals surface area contributed by atoms with E-state index in [1.807, 2.05) is 12.1 Å². The van der Waals surface area contributed by atoms with E-state index >= 15 is 0 Å². The molecular weight excluding hydrogens is 282 g/mol. The summed E-state index contributed by atoms with van der Waals surface area (Å²) in [6.07, 6.45) is 1.38. The molecule has 92 valence electrons. The summed E-state index contributed by atoms with van der Waals surface area (Å²) in [6.45, 7) is 0. The van der Waals surface area contributed by atoms with E-state index in [2.05, 4.69) is 26.3 Å². The van der Waals surface area contributed by atoms with Gasteiger partial charge in [0.1, 0.15) is 11.0 Å². The van der Waals surface area contributed by atoms with Gasteiger partial charge in [-0.15, -0.1) is 0 Å². The second kappa shape index (κ2) is 4.80. The molecule has 1 aromatic carbocycles. The fraction of sp³-hybridized carbons (Fsp3) is 0. The number of nitriles is 1. The van der Waals surface area contributed by atoms with E-state index in [0.29, 0.717) is 21.5 Å². The largest absolute Gasteiger partial charge is 0.331 e. The van der Waals surface area contributed by atoms with Crippen LogP contribution >= 0.6 is 22.9 Å². The molecule has 0 fully saturated rings. The summed E-state index contributed by atoms with van der Waals surface area (Å²) >= 11 is 7.35. The summed E-state index contributed by atoms with van der Waals surface area (Å²) in [5, 5.41) is 13.0. The zero-order chi connectivity index (χ0) is 13.2. The number of benzene rings is 1. The average Bonchev–Trinajstić information content (AvgIpc) is 2.84. The first-order chi connectivity index (χ1) is 9.26. The number of anilines is 2. The second-order valence-corrected chi connectivity index (χ2v) is 5.01. The maximum atomic E-state index is 8.73. The fourth-order valence-electron chi connectivity index (χ4n) is 1.53. The van der Waals surface area contributed by atoms with Crippen molar-refractivity contribution in [3.63, 3.8) is 0 Å². The molecule has 0 unspecified atom stereocenters. The first kappa shape index (κ1) is 11.8. The zero-order valence-electron chi connectivity index (χ0n) is 9.46. The standard InChI is InChI=1S/C12H6ClN5S/c13-10-9-11(16-6-15-10)18-12(19-9)17-8-3-1-7(5-14)2-4-8/h1-4,6H,(H,15,16,17,18). The Kier molecular flexibility index (Phi) is 2.99. The van der Waals surface area contributed by atoms with Crippen molar-refractivity contribution >= 4 is 44.1 Å².